The molecule has 3 rings (SSSR count). The minimum atomic E-state index is -0.401. The molecule has 2 N–H and O–H groups in total. The number of aryl methyl sites for hydroxylation is 2. The molecule has 0 spiro atoms. The van der Waals surface area contributed by atoms with E-state index in [0.717, 1.165) is 11.1 Å². The van der Waals surface area contributed by atoms with Crippen molar-refractivity contribution >= 4 is 35.0 Å². The molecule has 1 atom stereocenters. The molecule has 0 bridgehead atoms. The van der Waals surface area contributed by atoms with Gasteiger partial charge in [-0.3, -0.25) is 9.89 Å². The van der Waals surface area contributed by atoms with E-state index in [4.69, 9.17) is 16.3 Å². The lowest BCUT2D eigenvalue weighted by Crippen LogP contribution is -2.23. The molecule has 0 saturated carbocycles. The predicted octanol–water partition coefficient (Wildman–Crippen LogP) is 4.87. The number of hydrogen-bond acceptors (Lipinski definition) is 5. The molecular weight excluding hydrogens is 396 g/mol. The summed E-state index contributed by atoms with van der Waals surface area (Å²) in [4.78, 5) is 17.1. The van der Waals surface area contributed by atoms with E-state index < -0.39 is 5.25 Å². The molecule has 28 heavy (non-hydrogen) atoms. The van der Waals surface area contributed by atoms with Gasteiger partial charge in [0.2, 0.25) is 11.1 Å². The van der Waals surface area contributed by atoms with E-state index in [1.165, 1.54) is 24.4 Å². The first-order valence-electron chi connectivity index (χ1n) is 8.68. The van der Waals surface area contributed by atoms with Crippen LogP contribution in [-0.2, 0) is 4.79 Å². The van der Waals surface area contributed by atoms with Gasteiger partial charge in [-0.1, -0.05) is 53.2 Å². The number of nitrogens with zero attached hydrogens (tertiary/aromatic N) is 2. The van der Waals surface area contributed by atoms with Crippen LogP contribution >= 0.6 is 23.4 Å². The number of nitrogens with one attached hydrogen (secondary N) is 2. The Morgan fingerprint density at radius 3 is 2.64 bits per heavy atom. The Balaban J connectivity index is 1.68. The highest BCUT2D eigenvalue weighted by Crippen LogP contribution is 2.32. The molecule has 0 aliphatic heterocycles. The fraction of sp³-hybridized carbons (Fsp3) is 0.250. The molecule has 1 aromatic heterocycles. The first-order valence-corrected chi connectivity index (χ1v) is 9.94. The number of methoxy groups -OCH3 is 1. The lowest BCUT2D eigenvalue weighted by molar-refractivity contribution is -0.115. The second-order valence-electron chi connectivity index (χ2n) is 6.38. The van der Waals surface area contributed by atoms with Crippen molar-refractivity contribution in [1.29, 1.82) is 0 Å². The van der Waals surface area contributed by atoms with Crippen LogP contribution in [0.1, 0.15) is 18.1 Å². The number of carbonyl (C=O) groups is 1. The maximum atomic E-state index is 12.6. The van der Waals surface area contributed by atoms with Gasteiger partial charge in [0.25, 0.3) is 0 Å². The number of benzene rings is 2. The Kier molecular flexibility index (Phi) is 6.26. The number of thioether (sulfide) groups is 1. The quantitative estimate of drug-likeness (QED) is 0.560. The van der Waals surface area contributed by atoms with Crippen LogP contribution in [0.3, 0.4) is 0 Å². The highest BCUT2D eigenvalue weighted by atomic mass is 35.5. The van der Waals surface area contributed by atoms with Crippen LogP contribution in [0.4, 0.5) is 5.69 Å². The zero-order valence-electron chi connectivity index (χ0n) is 16.0. The van der Waals surface area contributed by atoms with Crippen LogP contribution < -0.4 is 10.1 Å². The smallest absolute Gasteiger partial charge is 0.237 e. The molecule has 2 aromatic carbocycles. The van der Waals surface area contributed by atoms with Crippen molar-refractivity contribution in [2.75, 3.05) is 12.4 Å². The first kappa shape index (κ1) is 20.2. The maximum Gasteiger partial charge on any atom is 0.237 e. The fourth-order valence-electron chi connectivity index (χ4n) is 2.52. The average molecular weight is 417 g/mol. The van der Waals surface area contributed by atoms with Gasteiger partial charge >= 0.3 is 0 Å². The summed E-state index contributed by atoms with van der Waals surface area (Å²) in [5, 5.41) is 10.7. The van der Waals surface area contributed by atoms with Gasteiger partial charge in [0.05, 0.1) is 18.0 Å². The van der Waals surface area contributed by atoms with E-state index in [0.29, 0.717) is 27.4 Å². The van der Waals surface area contributed by atoms with Gasteiger partial charge in [-0.05, 0) is 32.4 Å². The van der Waals surface area contributed by atoms with Crippen molar-refractivity contribution in [3.8, 4) is 17.1 Å². The van der Waals surface area contributed by atoms with Crippen molar-refractivity contribution in [3.63, 3.8) is 0 Å². The molecule has 8 heteroatoms. The summed E-state index contributed by atoms with van der Waals surface area (Å²) in [5.74, 6) is 1.01. The zero-order chi connectivity index (χ0) is 20.3. The maximum absolute atomic E-state index is 12.6. The van der Waals surface area contributed by atoms with Crippen molar-refractivity contribution < 1.29 is 9.53 Å². The number of ether oxygens (including phenoxy) is 1. The molecular formula is C20H21ClN4O2S. The number of anilines is 1. The van der Waals surface area contributed by atoms with Crippen LogP contribution in [0.2, 0.25) is 5.02 Å². The number of hydrogen-bond donors (Lipinski definition) is 2. The van der Waals surface area contributed by atoms with Crippen LogP contribution in [0.25, 0.3) is 11.4 Å². The van der Waals surface area contributed by atoms with Gasteiger partial charge in [0.1, 0.15) is 5.75 Å². The number of H-pyrrole nitrogens is 1. The first-order chi connectivity index (χ1) is 13.4. The predicted molar refractivity (Wildman–Crippen MR) is 113 cm³/mol. The molecule has 1 heterocycles. The summed E-state index contributed by atoms with van der Waals surface area (Å²) in [7, 11) is 1.54. The number of rotatable bonds is 6. The third-order valence-corrected chi connectivity index (χ3v) is 5.55. The topological polar surface area (TPSA) is 79.9 Å². The molecule has 0 fully saturated rings. The summed E-state index contributed by atoms with van der Waals surface area (Å²) in [6, 6.07) is 11.5. The summed E-state index contributed by atoms with van der Waals surface area (Å²) >= 11 is 7.39. The lowest BCUT2D eigenvalue weighted by Gasteiger charge is -2.14. The standard InChI is InChI=1S/C20H21ClN4O2S/c1-11-5-7-14(8-6-11)18-23-20(25-24-18)28-13(3)19(26)22-16-9-12(2)15(21)10-17(16)27-4/h5-10,13H,1-4H3,(H,22,26)(H,23,24,25)/t13-/m1/s1. The molecule has 3 aromatic rings. The van der Waals surface area contributed by atoms with Gasteiger partial charge in [0, 0.05) is 16.7 Å². The summed E-state index contributed by atoms with van der Waals surface area (Å²) < 4.78 is 5.31. The van der Waals surface area contributed by atoms with Crippen molar-refractivity contribution in [3.05, 3.63) is 52.5 Å². The highest BCUT2D eigenvalue weighted by Gasteiger charge is 2.19. The Hall–Kier alpha value is -2.51. The summed E-state index contributed by atoms with van der Waals surface area (Å²) in [6.07, 6.45) is 0. The fourth-order valence-corrected chi connectivity index (χ4v) is 3.39. The minimum Gasteiger partial charge on any atom is -0.495 e. The van der Waals surface area contributed by atoms with Crippen LogP contribution in [-0.4, -0.2) is 33.4 Å². The van der Waals surface area contributed by atoms with E-state index in [9.17, 15) is 4.79 Å². The van der Waals surface area contributed by atoms with Crippen molar-refractivity contribution in [1.82, 2.24) is 15.2 Å². The second kappa shape index (κ2) is 8.67. The SMILES string of the molecule is COc1cc(Cl)c(C)cc1NC(=O)[C@@H](C)Sc1n[nH]c(-c2ccc(C)cc2)n1. The molecule has 0 saturated heterocycles. The Bertz CT molecular complexity index is 988. The summed E-state index contributed by atoms with van der Waals surface area (Å²) in [6.45, 7) is 5.70. The van der Waals surface area contributed by atoms with Gasteiger partial charge in [-0.15, -0.1) is 5.10 Å². The van der Waals surface area contributed by atoms with Crippen LogP contribution in [0.5, 0.6) is 5.75 Å². The average Bonchev–Trinajstić information content (AvgIpc) is 3.13. The molecule has 0 aliphatic rings. The number of amides is 1. The third kappa shape index (κ3) is 4.66. The van der Waals surface area contributed by atoms with E-state index in [1.807, 2.05) is 38.1 Å². The van der Waals surface area contributed by atoms with Gasteiger partial charge in [-0.25, -0.2) is 4.98 Å². The van der Waals surface area contributed by atoms with E-state index >= 15 is 0 Å². The van der Waals surface area contributed by atoms with Crippen LogP contribution in [0, 0.1) is 13.8 Å². The normalized spacial score (nSPS) is 11.9. The summed E-state index contributed by atoms with van der Waals surface area (Å²) in [5.41, 5.74) is 3.56. The second-order valence-corrected chi connectivity index (χ2v) is 8.10. The number of aromatic nitrogens is 3. The van der Waals surface area contributed by atoms with E-state index in [1.54, 1.807) is 19.1 Å². The third-order valence-electron chi connectivity index (χ3n) is 4.18. The van der Waals surface area contributed by atoms with Gasteiger partial charge < -0.3 is 10.1 Å². The molecule has 0 aliphatic carbocycles. The monoisotopic (exact) mass is 416 g/mol. The van der Waals surface area contributed by atoms with Gasteiger partial charge in [0.15, 0.2) is 5.82 Å². The molecule has 1 amide bonds. The Morgan fingerprint density at radius 1 is 1.25 bits per heavy atom. The number of halogens is 1. The minimum absolute atomic E-state index is 0.174. The molecule has 6 nitrogen and oxygen atoms in total. The molecule has 0 radical (unpaired) electrons. The number of aromatic amines is 1. The molecule has 146 valence electrons. The Morgan fingerprint density at radius 2 is 1.96 bits per heavy atom. The zero-order valence-corrected chi connectivity index (χ0v) is 17.6. The largest absolute Gasteiger partial charge is 0.495 e. The van der Waals surface area contributed by atoms with Crippen molar-refractivity contribution in [2.24, 2.45) is 0 Å². The molecule has 0 unspecified atom stereocenters. The van der Waals surface area contributed by atoms with E-state index in [-0.39, 0.29) is 5.91 Å². The Labute approximate surface area is 173 Å². The lowest BCUT2D eigenvalue weighted by atomic mass is 10.1. The number of carbonyl (C=O) groups excluding carboxylic acids is 1. The van der Waals surface area contributed by atoms with Gasteiger partial charge in [-0.2, -0.15) is 0 Å². The highest BCUT2D eigenvalue weighted by molar-refractivity contribution is 8.00. The van der Waals surface area contributed by atoms with Crippen molar-refractivity contribution in [2.45, 2.75) is 31.2 Å². The van der Waals surface area contributed by atoms with E-state index in [2.05, 4.69) is 20.5 Å². The van der Waals surface area contributed by atoms with Crippen LogP contribution in [0.15, 0.2) is 41.6 Å².